The zero-order valence-electron chi connectivity index (χ0n) is 17.9. The van der Waals surface area contributed by atoms with Crippen molar-refractivity contribution < 1.29 is 18.7 Å². The summed E-state index contributed by atoms with van der Waals surface area (Å²) in [6, 6.07) is 9.78. The fourth-order valence-corrected chi connectivity index (χ4v) is 4.84. The second kappa shape index (κ2) is 7.39. The Bertz CT molecular complexity index is 1380. The summed E-state index contributed by atoms with van der Waals surface area (Å²) in [5.74, 6) is 4.17. The molecule has 7 heteroatoms. The molecule has 0 aliphatic heterocycles. The second-order valence-corrected chi connectivity index (χ2v) is 8.79. The van der Waals surface area contributed by atoms with Gasteiger partial charge < -0.3 is 10.8 Å². The third-order valence-electron chi connectivity index (χ3n) is 6.84. The number of hydrogen-bond acceptors (Lipinski definition) is 3. The minimum Gasteiger partial charge on any atom is -0.377 e. The number of primary amides is 1. The third-order valence-corrected chi connectivity index (χ3v) is 6.84. The van der Waals surface area contributed by atoms with Crippen LogP contribution in [0, 0.1) is 28.9 Å². The number of benzene rings is 2. The number of amides is 1. The van der Waals surface area contributed by atoms with E-state index in [4.69, 9.17) is 5.73 Å². The first-order chi connectivity index (χ1) is 15.7. The van der Waals surface area contributed by atoms with Crippen LogP contribution in [0.5, 0.6) is 0 Å². The minimum atomic E-state index is -1.35. The number of rotatable bonds is 2. The normalized spacial score (nSPS) is 23.2. The molecule has 1 saturated carbocycles. The average molecular weight is 445 g/mol. The van der Waals surface area contributed by atoms with Crippen LogP contribution in [0.2, 0.25) is 0 Å². The summed E-state index contributed by atoms with van der Waals surface area (Å²) in [7, 11) is 0. The van der Waals surface area contributed by atoms with E-state index in [9.17, 15) is 18.7 Å². The van der Waals surface area contributed by atoms with Gasteiger partial charge in [0.25, 0.3) is 0 Å². The van der Waals surface area contributed by atoms with Crippen LogP contribution in [0.4, 0.5) is 8.78 Å². The number of carbonyl (C=O) groups is 1. The van der Waals surface area contributed by atoms with Crippen LogP contribution >= 0.6 is 0 Å². The van der Waals surface area contributed by atoms with Gasteiger partial charge in [-0.25, -0.2) is 13.5 Å². The van der Waals surface area contributed by atoms with Crippen molar-refractivity contribution in [2.24, 2.45) is 11.1 Å². The van der Waals surface area contributed by atoms with Gasteiger partial charge in [-0.15, -0.1) is 0 Å². The van der Waals surface area contributed by atoms with Gasteiger partial charge in [-0.1, -0.05) is 24.3 Å². The van der Waals surface area contributed by atoms with Crippen molar-refractivity contribution in [3.8, 4) is 17.5 Å². The van der Waals surface area contributed by atoms with Crippen LogP contribution in [-0.2, 0) is 6.42 Å². The van der Waals surface area contributed by atoms with Crippen molar-refractivity contribution in [3.05, 3.63) is 88.3 Å². The number of halogens is 2. The van der Waals surface area contributed by atoms with E-state index >= 15 is 0 Å². The summed E-state index contributed by atoms with van der Waals surface area (Å²) in [6.07, 6.45) is 5.37. The Morgan fingerprint density at radius 3 is 2.64 bits per heavy atom. The molecule has 1 amide bonds. The van der Waals surface area contributed by atoms with Crippen molar-refractivity contribution in [1.82, 2.24) is 9.78 Å². The fourth-order valence-electron chi connectivity index (χ4n) is 4.84. The molecule has 1 aromatic heterocycles. The largest absolute Gasteiger partial charge is 0.377 e. The maximum absolute atomic E-state index is 13.6. The summed E-state index contributed by atoms with van der Waals surface area (Å²) in [5, 5.41) is 16.1. The molecule has 2 atom stereocenters. The number of nitrogens with two attached hydrogens (primary N) is 1. The Kier molecular flexibility index (Phi) is 4.73. The Morgan fingerprint density at radius 1 is 1.18 bits per heavy atom. The number of nitrogens with zero attached hydrogens (tertiary/aromatic N) is 2. The van der Waals surface area contributed by atoms with E-state index in [1.807, 2.05) is 13.0 Å². The van der Waals surface area contributed by atoms with Crippen molar-refractivity contribution in [3.63, 3.8) is 0 Å². The van der Waals surface area contributed by atoms with Gasteiger partial charge >= 0.3 is 0 Å². The van der Waals surface area contributed by atoms with E-state index in [-0.39, 0.29) is 16.9 Å². The van der Waals surface area contributed by atoms with E-state index in [2.05, 4.69) is 16.9 Å². The van der Waals surface area contributed by atoms with Crippen LogP contribution in [0.15, 0.2) is 54.2 Å². The van der Waals surface area contributed by atoms with Crippen molar-refractivity contribution in [2.75, 3.05) is 0 Å². The van der Waals surface area contributed by atoms with Gasteiger partial charge in [0.2, 0.25) is 5.91 Å². The monoisotopic (exact) mass is 445 g/mol. The molecule has 33 heavy (non-hydrogen) atoms. The van der Waals surface area contributed by atoms with E-state index < -0.39 is 22.7 Å². The highest BCUT2D eigenvalue weighted by molar-refractivity contribution is 5.95. The molecule has 0 spiro atoms. The van der Waals surface area contributed by atoms with Gasteiger partial charge in [0.15, 0.2) is 0 Å². The van der Waals surface area contributed by atoms with Gasteiger partial charge in [-0.2, -0.15) is 5.10 Å². The molecule has 5 nitrogen and oxygen atoms in total. The van der Waals surface area contributed by atoms with Gasteiger partial charge in [0.05, 0.1) is 23.1 Å². The first-order valence-corrected chi connectivity index (χ1v) is 10.6. The van der Waals surface area contributed by atoms with E-state index in [1.54, 1.807) is 23.0 Å². The summed E-state index contributed by atoms with van der Waals surface area (Å²) in [5.41, 5.74) is 7.28. The Balaban J connectivity index is 1.52. The predicted octanol–water partition coefficient (Wildman–Crippen LogP) is 3.77. The molecule has 2 aliphatic carbocycles. The molecule has 2 aromatic carbocycles. The van der Waals surface area contributed by atoms with Crippen molar-refractivity contribution >= 4 is 12.0 Å². The lowest BCUT2D eigenvalue weighted by atomic mass is 9.67. The van der Waals surface area contributed by atoms with Crippen LogP contribution in [0.25, 0.3) is 11.8 Å². The lowest BCUT2D eigenvalue weighted by Crippen LogP contribution is -2.44. The lowest BCUT2D eigenvalue weighted by Gasteiger charge is -2.39. The Morgan fingerprint density at radius 2 is 1.91 bits per heavy atom. The molecule has 0 bridgehead atoms. The fraction of sp³-hybridized carbons (Fsp3) is 0.231. The zero-order valence-corrected chi connectivity index (χ0v) is 17.9. The quantitative estimate of drug-likeness (QED) is 0.590. The average Bonchev–Trinajstić information content (AvgIpc) is 3.29. The minimum absolute atomic E-state index is 0.0171. The molecule has 5 rings (SSSR count). The number of aromatic nitrogens is 2. The molecule has 1 fully saturated rings. The highest BCUT2D eigenvalue weighted by atomic mass is 19.1. The maximum atomic E-state index is 13.6. The van der Waals surface area contributed by atoms with Gasteiger partial charge in [-0.3, -0.25) is 4.79 Å². The maximum Gasteiger partial charge on any atom is 0.250 e. The molecule has 3 aromatic rings. The molecule has 1 unspecified atom stereocenters. The molecule has 166 valence electrons. The van der Waals surface area contributed by atoms with E-state index in [0.717, 1.165) is 28.6 Å². The van der Waals surface area contributed by atoms with E-state index in [0.29, 0.717) is 19.3 Å². The van der Waals surface area contributed by atoms with Crippen molar-refractivity contribution in [1.29, 1.82) is 0 Å². The predicted molar refractivity (Wildman–Crippen MR) is 119 cm³/mol. The molecular weight excluding hydrogens is 424 g/mol. The highest BCUT2D eigenvalue weighted by Crippen LogP contribution is 2.55. The molecule has 2 aliphatic rings. The molecular formula is C26H21F2N3O2. The first-order valence-electron chi connectivity index (χ1n) is 10.6. The number of aliphatic hydroxyl groups is 1. The first kappa shape index (κ1) is 21.1. The Hall–Kier alpha value is -3.76. The lowest BCUT2D eigenvalue weighted by molar-refractivity contribution is 0.0153. The summed E-state index contributed by atoms with van der Waals surface area (Å²) >= 11 is 0. The van der Waals surface area contributed by atoms with Gasteiger partial charge in [0, 0.05) is 11.0 Å². The summed E-state index contributed by atoms with van der Waals surface area (Å²) in [6.45, 7) is 1.97. The molecule has 0 radical (unpaired) electrons. The van der Waals surface area contributed by atoms with Crippen LogP contribution in [-0.4, -0.2) is 26.4 Å². The SMILES string of the molecule is CC12Cc3cnn(-c4ccc(F)cc4)c3C=C1CC[C@@]2(O)C#Cc1ccc(F)cc1C(N)=O. The molecule has 0 saturated heterocycles. The summed E-state index contributed by atoms with van der Waals surface area (Å²) < 4.78 is 28.7. The summed E-state index contributed by atoms with van der Waals surface area (Å²) in [4.78, 5) is 11.7. The smallest absolute Gasteiger partial charge is 0.250 e. The number of fused-ring (bicyclic) bond motifs is 2. The van der Waals surface area contributed by atoms with Crippen molar-refractivity contribution in [2.45, 2.75) is 31.8 Å². The molecule has 1 heterocycles. The van der Waals surface area contributed by atoms with E-state index in [1.165, 1.54) is 24.3 Å². The van der Waals surface area contributed by atoms with Crippen LogP contribution in [0.1, 0.15) is 46.9 Å². The number of hydrogen-bond donors (Lipinski definition) is 2. The van der Waals surface area contributed by atoms with Gasteiger partial charge in [0.1, 0.15) is 17.2 Å². The zero-order chi connectivity index (χ0) is 23.4. The van der Waals surface area contributed by atoms with Crippen LogP contribution < -0.4 is 5.73 Å². The topological polar surface area (TPSA) is 81.1 Å². The number of carbonyl (C=O) groups excluding carboxylic acids is 1. The second-order valence-electron chi connectivity index (χ2n) is 8.79. The van der Waals surface area contributed by atoms with Gasteiger partial charge in [-0.05, 0) is 73.4 Å². The third kappa shape index (κ3) is 3.35. The van der Waals surface area contributed by atoms with Crippen LogP contribution in [0.3, 0.4) is 0 Å². The Labute approximate surface area is 189 Å². The highest BCUT2D eigenvalue weighted by Gasteiger charge is 2.54. The standard InChI is InChI=1S/C26H21F2N3O2/c1-25-14-17-15-30-31(21-6-4-19(27)5-7-21)23(17)12-18(25)9-11-26(25,33)10-8-16-2-3-20(28)13-22(16)24(29)32/h2-7,12-13,15,33H,9,11,14H2,1H3,(H2,29,32)/t25?,26-/m0/s1. The molecule has 3 N–H and O–H groups in total.